The lowest BCUT2D eigenvalue weighted by molar-refractivity contribution is -0.131. The molecular formula is C21H22N4O2. The summed E-state index contributed by atoms with van der Waals surface area (Å²) in [4.78, 5) is 30.3. The van der Waals surface area contributed by atoms with Crippen LogP contribution in [-0.4, -0.2) is 38.4 Å². The van der Waals surface area contributed by atoms with Crippen LogP contribution in [0.15, 0.2) is 67.3 Å². The Morgan fingerprint density at radius 1 is 1.04 bits per heavy atom. The Morgan fingerprint density at radius 2 is 1.74 bits per heavy atom. The van der Waals surface area contributed by atoms with Crippen LogP contribution in [0, 0.1) is 0 Å². The summed E-state index contributed by atoms with van der Waals surface area (Å²) in [7, 11) is 1.77. The molecule has 0 unspecified atom stereocenters. The number of carbonyl (C=O) groups excluding carboxylic acids is 2. The predicted molar refractivity (Wildman–Crippen MR) is 103 cm³/mol. The number of nitrogens with zero attached hydrogens (tertiary/aromatic N) is 4. The topological polar surface area (TPSA) is 68.1 Å². The Morgan fingerprint density at radius 3 is 2.37 bits per heavy atom. The number of amides is 1. The van der Waals surface area contributed by atoms with Crippen LogP contribution in [-0.2, 0) is 4.79 Å². The Labute approximate surface area is 158 Å². The second-order valence-corrected chi connectivity index (χ2v) is 6.40. The first kappa shape index (κ1) is 18.5. The van der Waals surface area contributed by atoms with E-state index in [1.807, 2.05) is 49.4 Å². The average Bonchev–Trinajstić information content (AvgIpc) is 3.26. The summed E-state index contributed by atoms with van der Waals surface area (Å²) < 4.78 is 1.68. The van der Waals surface area contributed by atoms with Crippen LogP contribution >= 0.6 is 0 Å². The highest BCUT2D eigenvalue weighted by Gasteiger charge is 2.18. The number of aromatic nitrogens is 3. The summed E-state index contributed by atoms with van der Waals surface area (Å²) in [6.45, 7) is 1.97. The second kappa shape index (κ2) is 8.40. The molecule has 2 aromatic carbocycles. The molecule has 0 N–H and O–H groups in total. The van der Waals surface area contributed by atoms with Gasteiger partial charge in [-0.3, -0.25) is 9.59 Å². The van der Waals surface area contributed by atoms with Crippen LogP contribution in [0.25, 0.3) is 5.69 Å². The number of hydrogen-bond acceptors (Lipinski definition) is 4. The van der Waals surface area contributed by atoms with E-state index in [0.717, 1.165) is 11.3 Å². The molecule has 1 amide bonds. The lowest BCUT2D eigenvalue weighted by Crippen LogP contribution is -2.29. The highest BCUT2D eigenvalue weighted by atomic mass is 16.2. The largest absolute Gasteiger partial charge is 0.339 e. The van der Waals surface area contributed by atoms with E-state index in [2.05, 4.69) is 10.1 Å². The SMILES string of the molecule is C[C@@H](c1ccc(-n2cncn2)cc1)N(C)C(=O)CCC(=O)c1ccccc1. The van der Waals surface area contributed by atoms with E-state index < -0.39 is 0 Å². The zero-order chi connectivity index (χ0) is 19.2. The molecule has 0 spiro atoms. The molecule has 0 aliphatic heterocycles. The molecule has 3 aromatic rings. The minimum absolute atomic E-state index is 0.0119. The van der Waals surface area contributed by atoms with Crippen LogP contribution in [0.2, 0.25) is 0 Å². The molecule has 0 aliphatic carbocycles. The monoisotopic (exact) mass is 362 g/mol. The van der Waals surface area contributed by atoms with E-state index >= 15 is 0 Å². The van der Waals surface area contributed by atoms with Crippen molar-refractivity contribution >= 4 is 11.7 Å². The van der Waals surface area contributed by atoms with E-state index in [9.17, 15) is 9.59 Å². The van der Waals surface area contributed by atoms with Crippen LogP contribution < -0.4 is 0 Å². The van der Waals surface area contributed by atoms with Gasteiger partial charge in [-0.15, -0.1) is 0 Å². The summed E-state index contributed by atoms with van der Waals surface area (Å²) in [5.74, 6) is -0.0608. The number of Topliss-reactive ketones (excluding diaryl/α,β-unsaturated/α-hetero) is 1. The van der Waals surface area contributed by atoms with Crippen molar-refractivity contribution in [3.63, 3.8) is 0 Å². The summed E-state index contributed by atoms with van der Waals surface area (Å²) >= 11 is 0. The molecule has 27 heavy (non-hydrogen) atoms. The molecule has 0 radical (unpaired) electrons. The molecule has 6 nitrogen and oxygen atoms in total. The van der Waals surface area contributed by atoms with Gasteiger partial charge in [0.2, 0.25) is 5.91 Å². The van der Waals surface area contributed by atoms with E-state index in [-0.39, 0.29) is 30.6 Å². The quantitative estimate of drug-likeness (QED) is 0.604. The fraction of sp³-hybridized carbons (Fsp3) is 0.238. The molecule has 1 aromatic heterocycles. The number of ketones is 1. The molecular weight excluding hydrogens is 340 g/mol. The number of hydrogen-bond donors (Lipinski definition) is 0. The van der Waals surface area contributed by atoms with E-state index in [0.29, 0.717) is 5.56 Å². The van der Waals surface area contributed by atoms with Crippen LogP contribution in [0.4, 0.5) is 0 Å². The smallest absolute Gasteiger partial charge is 0.223 e. The Kier molecular flexibility index (Phi) is 5.76. The molecule has 1 atom stereocenters. The van der Waals surface area contributed by atoms with Crippen LogP contribution in [0.5, 0.6) is 0 Å². The van der Waals surface area contributed by atoms with Gasteiger partial charge in [-0.25, -0.2) is 9.67 Å². The van der Waals surface area contributed by atoms with Gasteiger partial charge in [-0.2, -0.15) is 5.10 Å². The first-order valence-electron chi connectivity index (χ1n) is 8.85. The van der Waals surface area contributed by atoms with Crippen molar-refractivity contribution < 1.29 is 9.59 Å². The van der Waals surface area contributed by atoms with E-state index in [1.54, 1.807) is 35.1 Å². The summed E-state index contributed by atoms with van der Waals surface area (Å²) in [5, 5.41) is 4.10. The van der Waals surface area contributed by atoms with Gasteiger partial charge >= 0.3 is 0 Å². The number of rotatable bonds is 7. The standard InChI is InChI=1S/C21H22N4O2/c1-16(17-8-10-19(11-9-17)25-15-22-14-23-25)24(2)21(27)13-12-20(26)18-6-4-3-5-7-18/h3-11,14-16H,12-13H2,1-2H3/t16-/m0/s1. The molecule has 0 bridgehead atoms. The summed E-state index contributed by atoms with van der Waals surface area (Å²) in [6.07, 6.45) is 3.54. The normalized spacial score (nSPS) is 11.8. The Hall–Kier alpha value is -3.28. The van der Waals surface area contributed by atoms with Crippen molar-refractivity contribution in [3.05, 3.63) is 78.4 Å². The molecule has 3 rings (SSSR count). The molecule has 138 valence electrons. The minimum Gasteiger partial charge on any atom is -0.339 e. The number of benzene rings is 2. The van der Waals surface area contributed by atoms with Crippen molar-refractivity contribution in [1.82, 2.24) is 19.7 Å². The van der Waals surface area contributed by atoms with Crippen molar-refractivity contribution in [2.24, 2.45) is 0 Å². The minimum atomic E-state index is -0.0888. The van der Waals surface area contributed by atoms with E-state index in [4.69, 9.17) is 0 Å². The Bertz CT molecular complexity index is 890. The van der Waals surface area contributed by atoms with Gasteiger partial charge in [0.15, 0.2) is 5.78 Å². The maximum Gasteiger partial charge on any atom is 0.223 e. The predicted octanol–water partition coefficient (Wildman–Crippen LogP) is 3.45. The lowest BCUT2D eigenvalue weighted by atomic mass is 10.0. The first-order chi connectivity index (χ1) is 13.1. The van der Waals surface area contributed by atoms with Gasteiger partial charge in [-0.05, 0) is 24.6 Å². The second-order valence-electron chi connectivity index (χ2n) is 6.40. The first-order valence-corrected chi connectivity index (χ1v) is 8.85. The number of carbonyl (C=O) groups is 2. The fourth-order valence-corrected chi connectivity index (χ4v) is 2.85. The van der Waals surface area contributed by atoms with Gasteiger partial charge in [0, 0.05) is 25.5 Å². The lowest BCUT2D eigenvalue weighted by Gasteiger charge is -2.25. The highest BCUT2D eigenvalue weighted by Crippen LogP contribution is 2.21. The zero-order valence-electron chi connectivity index (χ0n) is 15.4. The van der Waals surface area contributed by atoms with Gasteiger partial charge in [0.1, 0.15) is 12.7 Å². The third kappa shape index (κ3) is 4.47. The third-order valence-electron chi connectivity index (χ3n) is 4.69. The molecule has 0 saturated heterocycles. The maximum atomic E-state index is 12.5. The van der Waals surface area contributed by atoms with Gasteiger partial charge in [-0.1, -0.05) is 42.5 Å². The highest BCUT2D eigenvalue weighted by molar-refractivity contribution is 5.97. The fourth-order valence-electron chi connectivity index (χ4n) is 2.85. The molecule has 6 heteroatoms. The van der Waals surface area contributed by atoms with Gasteiger partial charge in [0.05, 0.1) is 11.7 Å². The summed E-state index contributed by atoms with van der Waals surface area (Å²) in [5.41, 5.74) is 2.57. The van der Waals surface area contributed by atoms with Crippen LogP contribution in [0.1, 0.15) is 41.7 Å². The van der Waals surface area contributed by atoms with Crippen molar-refractivity contribution in [3.8, 4) is 5.69 Å². The van der Waals surface area contributed by atoms with Crippen molar-refractivity contribution in [2.45, 2.75) is 25.8 Å². The van der Waals surface area contributed by atoms with E-state index in [1.165, 1.54) is 6.33 Å². The molecule has 0 aliphatic rings. The molecule has 0 fully saturated rings. The third-order valence-corrected chi connectivity index (χ3v) is 4.69. The van der Waals surface area contributed by atoms with Gasteiger partial charge in [0.25, 0.3) is 0 Å². The van der Waals surface area contributed by atoms with Crippen molar-refractivity contribution in [2.75, 3.05) is 7.05 Å². The maximum absolute atomic E-state index is 12.5. The zero-order valence-corrected chi connectivity index (χ0v) is 15.4. The van der Waals surface area contributed by atoms with Crippen LogP contribution in [0.3, 0.4) is 0 Å². The Balaban J connectivity index is 1.58. The van der Waals surface area contributed by atoms with Crippen molar-refractivity contribution in [1.29, 1.82) is 0 Å². The average molecular weight is 362 g/mol. The summed E-state index contributed by atoms with van der Waals surface area (Å²) in [6, 6.07) is 16.8. The molecule has 1 heterocycles. The molecule has 0 saturated carbocycles. The van der Waals surface area contributed by atoms with Gasteiger partial charge < -0.3 is 4.90 Å².